The minimum absolute atomic E-state index is 0.215. The van der Waals surface area contributed by atoms with Crippen molar-refractivity contribution in [2.75, 3.05) is 33.4 Å². The van der Waals surface area contributed by atoms with Crippen molar-refractivity contribution >= 4 is 0 Å². The fourth-order valence-electron chi connectivity index (χ4n) is 1.73. The third kappa shape index (κ3) is 3.46. The van der Waals surface area contributed by atoms with Crippen LogP contribution in [0.1, 0.15) is 6.92 Å². The van der Waals surface area contributed by atoms with E-state index in [1.807, 2.05) is 6.92 Å². The van der Waals surface area contributed by atoms with Crippen LogP contribution in [0.25, 0.3) is 0 Å². The van der Waals surface area contributed by atoms with Crippen LogP contribution in [0.4, 0.5) is 0 Å². The highest BCUT2D eigenvalue weighted by Crippen LogP contribution is 2.12. The summed E-state index contributed by atoms with van der Waals surface area (Å²) in [5, 5.41) is 0. The van der Waals surface area contributed by atoms with Gasteiger partial charge in [0.15, 0.2) is 0 Å². The number of ether oxygens (including phenoxy) is 1. The van der Waals surface area contributed by atoms with Crippen LogP contribution in [-0.4, -0.2) is 44.3 Å². The molecule has 2 atom stereocenters. The van der Waals surface area contributed by atoms with E-state index in [4.69, 9.17) is 10.5 Å². The monoisotopic (exact) mass is 184 g/mol. The first kappa shape index (κ1) is 10.7. The maximum absolute atomic E-state index is 5.88. The molecule has 1 fully saturated rings. The van der Waals surface area contributed by atoms with Crippen molar-refractivity contribution < 1.29 is 4.74 Å². The average Bonchev–Trinajstić information content (AvgIpc) is 2.34. The zero-order chi connectivity index (χ0) is 9.84. The average molecular weight is 184 g/mol. The van der Waals surface area contributed by atoms with E-state index in [2.05, 4.69) is 18.5 Å². The molecular weight excluding hydrogens is 164 g/mol. The molecule has 0 aliphatic carbocycles. The molecule has 76 valence electrons. The van der Waals surface area contributed by atoms with E-state index < -0.39 is 0 Å². The van der Waals surface area contributed by atoms with Gasteiger partial charge in [0, 0.05) is 25.0 Å². The first-order valence-electron chi connectivity index (χ1n) is 4.76. The molecule has 1 heterocycles. The Morgan fingerprint density at radius 2 is 2.31 bits per heavy atom. The van der Waals surface area contributed by atoms with E-state index in [9.17, 15) is 0 Å². The summed E-state index contributed by atoms with van der Waals surface area (Å²) >= 11 is 0. The van der Waals surface area contributed by atoms with E-state index in [1.165, 1.54) is 5.57 Å². The zero-order valence-corrected chi connectivity index (χ0v) is 8.62. The Labute approximate surface area is 80.5 Å². The second kappa shape index (κ2) is 4.74. The Bertz CT molecular complexity index is 182. The first-order chi connectivity index (χ1) is 6.09. The zero-order valence-electron chi connectivity index (χ0n) is 8.62. The van der Waals surface area contributed by atoms with E-state index in [0.29, 0.717) is 12.5 Å². The van der Waals surface area contributed by atoms with Crippen molar-refractivity contribution in [3.8, 4) is 0 Å². The molecule has 0 aromatic heterocycles. The molecule has 2 unspecified atom stereocenters. The highest BCUT2D eigenvalue weighted by molar-refractivity contribution is 4.92. The quantitative estimate of drug-likeness (QED) is 0.645. The minimum atomic E-state index is 0.215. The first-order valence-corrected chi connectivity index (χ1v) is 4.76. The van der Waals surface area contributed by atoms with E-state index in [1.54, 1.807) is 0 Å². The molecule has 0 aromatic rings. The van der Waals surface area contributed by atoms with E-state index >= 15 is 0 Å². The number of hydrogen-bond donors (Lipinski definition) is 1. The van der Waals surface area contributed by atoms with Crippen LogP contribution in [0.15, 0.2) is 12.2 Å². The SMILES string of the molecule is C=C(C)CN(C)CC1COCC1N. The number of likely N-dealkylation sites (N-methyl/N-ethyl adjacent to an activating group) is 1. The highest BCUT2D eigenvalue weighted by Gasteiger charge is 2.25. The van der Waals surface area contributed by atoms with Gasteiger partial charge >= 0.3 is 0 Å². The van der Waals surface area contributed by atoms with Crippen molar-refractivity contribution in [3.63, 3.8) is 0 Å². The van der Waals surface area contributed by atoms with Crippen molar-refractivity contribution in [2.24, 2.45) is 11.7 Å². The lowest BCUT2D eigenvalue weighted by molar-refractivity contribution is 0.175. The summed E-state index contributed by atoms with van der Waals surface area (Å²) in [6.45, 7) is 9.40. The smallest absolute Gasteiger partial charge is 0.0621 e. The Hall–Kier alpha value is -0.380. The van der Waals surface area contributed by atoms with Crippen molar-refractivity contribution in [1.29, 1.82) is 0 Å². The molecule has 3 nitrogen and oxygen atoms in total. The van der Waals surface area contributed by atoms with Crippen LogP contribution in [0.5, 0.6) is 0 Å². The van der Waals surface area contributed by atoms with Gasteiger partial charge in [-0.25, -0.2) is 0 Å². The largest absolute Gasteiger partial charge is 0.379 e. The second-order valence-electron chi connectivity index (χ2n) is 4.12. The summed E-state index contributed by atoms with van der Waals surface area (Å²) < 4.78 is 5.30. The van der Waals surface area contributed by atoms with Gasteiger partial charge in [0.1, 0.15) is 0 Å². The van der Waals surface area contributed by atoms with Gasteiger partial charge in [-0.2, -0.15) is 0 Å². The third-order valence-electron chi connectivity index (χ3n) is 2.33. The molecule has 1 saturated heterocycles. The molecule has 1 aliphatic heterocycles. The van der Waals surface area contributed by atoms with Crippen LogP contribution in [0.2, 0.25) is 0 Å². The number of hydrogen-bond acceptors (Lipinski definition) is 3. The molecule has 0 saturated carbocycles. The lowest BCUT2D eigenvalue weighted by Gasteiger charge is -2.22. The molecule has 3 heteroatoms. The summed E-state index contributed by atoms with van der Waals surface area (Å²) in [5.41, 5.74) is 7.07. The Kier molecular flexibility index (Phi) is 3.90. The molecule has 0 aromatic carbocycles. The predicted octanol–water partition coefficient (Wildman–Crippen LogP) is 0.468. The molecule has 0 radical (unpaired) electrons. The molecule has 2 N–H and O–H groups in total. The number of rotatable bonds is 4. The van der Waals surface area contributed by atoms with Crippen molar-refractivity contribution in [1.82, 2.24) is 4.90 Å². The topological polar surface area (TPSA) is 38.5 Å². The maximum Gasteiger partial charge on any atom is 0.0621 e. The van der Waals surface area contributed by atoms with Gasteiger partial charge < -0.3 is 15.4 Å². The van der Waals surface area contributed by atoms with Crippen LogP contribution in [0.3, 0.4) is 0 Å². The fourth-order valence-corrected chi connectivity index (χ4v) is 1.73. The number of nitrogens with zero attached hydrogens (tertiary/aromatic N) is 1. The lowest BCUT2D eigenvalue weighted by Crippen LogP contribution is -2.37. The van der Waals surface area contributed by atoms with Crippen molar-refractivity contribution in [3.05, 3.63) is 12.2 Å². The van der Waals surface area contributed by atoms with Crippen LogP contribution in [0, 0.1) is 5.92 Å². The Balaban J connectivity index is 2.26. The predicted molar refractivity (Wildman–Crippen MR) is 54.6 cm³/mol. The van der Waals surface area contributed by atoms with Gasteiger partial charge in [0.25, 0.3) is 0 Å². The summed E-state index contributed by atoms with van der Waals surface area (Å²) in [4.78, 5) is 2.25. The lowest BCUT2D eigenvalue weighted by atomic mass is 10.0. The standard InChI is InChI=1S/C10H20N2O/c1-8(2)4-12(3)5-9-6-13-7-10(9)11/h9-10H,1,4-7,11H2,2-3H3. The molecule has 1 rings (SSSR count). The second-order valence-corrected chi connectivity index (χ2v) is 4.12. The highest BCUT2D eigenvalue weighted by atomic mass is 16.5. The fraction of sp³-hybridized carbons (Fsp3) is 0.800. The summed E-state index contributed by atoms with van der Waals surface area (Å²) in [5.74, 6) is 0.490. The summed E-state index contributed by atoms with van der Waals surface area (Å²) in [6.07, 6.45) is 0. The molecule has 0 spiro atoms. The maximum atomic E-state index is 5.88. The van der Waals surface area contributed by atoms with Gasteiger partial charge in [-0.3, -0.25) is 0 Å². The van der Waals surface area contributed by atoms with Crippen molar-refractivity contribution in [2.45, 2.75) is 13.0 Å². The van der Waals surface area contributed by atoms with Gasteiger partial charge in [0.2, 0.25) is 0 Å². The minimum Gasteiger partial charge on any atom is -0.379 e. The Morgan fingerprint density at radius 3 is 2.77 bits per heavy atom. The Morgan fingerprint density at radius 1 is 1.62 bits per heavy atom. The normalized spacial score (nSPS) is 28.3. The van der Waals surface area contributed by atoms with E-state index in [-0.39, 0.29) is 6.04 Å². The van der Waals surface area contributed by atoms with Gasteiger partial charge in [-0.05, 0) is 14.0 Å². The van der Waals surface area contributed by atoms with E-state index in [0.717, 1.165) is 19.7 Å². The van der Waals surface area contributed by atoms with Crippen LogP contribution in [-0.2, 0) is 4.74 Å². The summed E-state index contributed by atoms with van der Waals surface area (Å²) in [7, 11) is 2.10. The molecular formula is C10H20N2O. The summed E-state index contributed by atoms with van der Waals surface area (Å²) in [6, 6.07) is 0.215. The van der Waals surface area contributed by atoms with Gasteiger partial charge in [-0.1, -0.05) is 12.2 Å². The molecule has 0 amide bonds. The van der Waals surface area contributed by atoms with Crippen LogP contribution >= 0.6 is 0 Å². The third-order valence-corrected chi connectivity index (χ3v) is 2.33. The molecule has 1 aliphatic rings. The van der Waals surface area contributed by atoms with Gasteiger partial charge in [0.05, 0.1) is 13.2 Å². The molecule has 0 bridgehead atoms. The van der Waals surface area contributed by atoms with Gasteiger partial charge in [-0.15, -0.1) is 0 Å². The number of nitrogens with two attached hydrogens (primary N) is 1. The van der Waals surface area contributed by atoms with Crippen LogP contribution < -0.4 is 5.73 Å². The molecule has 13 heavy (non-hydrogen) atoms.